The molecule has 9 heteroatoms. The average molecular weight is 411 g/mol. The molecule has 0 aliphatic heterocycles. The van der Waals surface area contributed by atoms with Gasteiger partial charge >= 0.3 is 0 Å². The molecule has 150 valence electrons. The molecule has 8 nitrogen and oxygen atoms in total. The van der Waals surface area contributed by atoms with E-state index >= 15 is 0 Å². The Balaban J connectivity index is 1.87. The van der Waals surface area contributed by atoms with Gasteiger partial charge < -0.3 is 4.74 Å². The zero-order chi connectivity index (χ0) is 20.6. The van der Waals surface area contributed by atoms with Crippen molar-refractivity contribution in [1.82, 2.24) is 19.6 Å². The lowest BCUT2D eigenvalue weighted by atomic mass is 10.3. The van der Waals surface area contributed by atoms with Gasteiger partial charge in [-0.25, -0.2) is 17.7 Å². The van der Waals surface area contributed by atoms with Crippen molar-refractivity contribution in [2.45, 2.75) is 25.2 Å². The molecule has 2 heterocycles. The Morgan fingerprint density at radius 2 is 1.76 bits per heavy atom. The molecule has 0 fully saturated rings. The number of benzene rings is 2. The van der Waals surface area contributed by atoms with E-state index in [4.69, 9.17) is 4.74 Å². The molecule has 0 bridgehead atoms. The first kappa shape index (κ1) is 19.1. The van der Waals surface area contributed by atoms with E-state index in [-0.39, 0.29) is 10.7 Å². The number of fused-ring (bicyclic) bond motifs is 3. The number of hydrogen-bond acceptors (Lipinski definition) is 6. The molecular formula is C20H21N5O3S. The van der Waals surface area contributed by atoms with Crippen molar-refractivity contribution in [2.75, 3.05) is 18.0 Å². The first-order valence-electron chi connectivity index (χ1n) is 9.32. The van der Waals surface area contributed by atoms with Crippen LogP contribution in [0.5, 0.6) is 5.75 Å². The van der Waals surface area contributed by atoms with Crippen LogP contribution in [-0.2, 0) is 16.4 Å². The molecule has 0 amide bonds. The standard InChI is InChI=1S/C20H21N5O3S/c1-4-18-22-23-20-19(21-16-8-6-7-9-17(16)25(18)20)24(3)29(26,27)15-12-10-14(11-13-15)28-5-2/h6-13H,4-5H2,1-3H3. The van der Waals surface area contributed by atoms with Crippen molar-refractivity contribution in [3.05, 3.63) is 54.4 Å². The Morgan fingerprint density at radius 3 is 2.45 bits per heavy atom. The molecule has 4 rings (SSSR count). The van der Waals surface area contributed by atoms with Gasteiger partial charge in [0.05, 0.1) is 22.5 Å². The normalized spacial score (nSPS) is 11.8. The Labute approximate surface area is 168 Å². The SMILES string of the molecule is CCOc1ccc(S(=O)(=O)N(C)c2nc3ccccc3n3c(CC)nnc23)cc1. The summed E-state index contributed by atoms with van der Waals surface area (Å²) in [5.74, 6) is 1.59. The van der Waals surface area contributed by atoms with Crippen molar-refractivity contribution in [3.63, 3.8) is 0 Å². The molecule has 0 aliphatic carbocycles. The highest BCUT2D eigenvalue weighted by Gasteiger charge is 2.26. The number of aromatic nitrogens is 4. The molecule has 0 N–H and O–H groups in total. The van der Waals surface area contributed by atoms with Gasteiger partial charge in [-0.05, 0) is 43.3 Å². The maximum atomic E-state index is 13.2. The molecule has 0 aliphatic rings. The van der Waals surface area contributed by atoms with Gasteiger partial charge in [-0.3, -0.25) is 4.40 Å². The average Bonchev–Trinajstić information content (AvgIpc) is 3.18. The zero-order valence-corrected chi connectivity index (χ0v) is 17.2. The molecular weight excluding hydrogens is 390 g/mol. The first-order valence-corrected chi connectivity index (χ1v) is 10.8. The van der Waals surface area contributed by atoms with Gasteiger partial charge in [-0.1, -0.05) is 19.1 Å². The Bertz CT molecular complexity index is 1280. The highest BCUT2D eigenvalue weighted by Crippen LogP contribution is 2.28. The molecule has 0 radical (unpaired) electrons. The predicted molar refractivity (Wildman–Crippen MR) is 111 cm³/mol. The van der Waals surface area contributed by atoms with Crippen molar-refractivity contribution in [2.24, 2.45) is 0 Å². The fraction of sp³-hybridized carbons (Fsp3) is 0.250. The van der Waals surface area contributed by atoms with Gasteiger partial charge in [-0.15, -0.1) is 10.2 Å². The molecule has 2 aromatic heterocycles. The van der Waals surface area contributed by atoms with Gasteiger partial charge in [0.1, 0.15) is 11.6 Å². The zero-order valence-electron chi connectivity index (χ0n) is 16.4. The van der Waals surface area contributed by atoms with E-state index in [2.05, 4.69) is 15.2 Å². The fourth-order valence-corrected chi connectivity index (χ4v) is 4.36. The lowest BCUT2D eigenvalue weighted by Crippen LogP contribution is -2.28. The number of hydrogen-bond donors (Lipinski definition) is 0. The Kier molecular flexibility index (Phi) is 4.83. The molecule has 0 spiro atoms. The smallest absolute Gasteiger partial charge is 0.265 e. The van der Waals surface area contributed by atoms with Crippen LogP contribution in [0.1, 0.15) is 19.7 Å². The quantitative estimate of drug-likeness (QED) is 0.484. The number of rotatable bonds is 6. The van der Waals surface area contributed by atoms with Crippen LogP contribution in [0.2, 0.25) is 0 Å². The first-order chi connectivity index (χ1) is 14.0. The van der Waals surface area contributed by atoms with Crippen LogP contribution in [0.25, 0.3) is 16.7 Å². The fourth-order valence-electron chi connectivity index (χ4n) is 3.21. The van der Waals surface area contributed by atoms with E-state index in [0.717, 1.165) is 15.6 Å². The maximum Gasteiger partial charge on any atom is 0.265 e. The number of aryl methyl sites for hydroxylation is 1. The predicted octanol–water partition coefficient (Wildman–Crippen LogP) is 3.06. The second kappa shape index (κ2) is 7.32. The van der Waals surface area contributed by atoms with Crippen LogP contribution in [-0.4, -0.2) is 41.7 Å². The summed E-state index contributed by atoms with van der Waals surface area (Å²) in [6, 6.07) is 13.9. The molecule has 0 atom stereocenters. The Morgan fingerprint density at radius 1 is 1.03 bits per heavy atom. The van der Waals surface area contributed by atoms with Crippen LogP contribution < -0.4 is 9.04 Å². The minimum absolute atomic E-state index is 0.145. The summed E-state index contributed by atoms with van der Waals surface area (Å²) in [5.41, 5.74) is 1.90. The van der Waals surface area contributed by atoms with E-state index in [1.807, 2.05) is 42.5 Å². The van der Waals surface area contributed by atoms with Gasteiger partial charge in [0.2, 0.25) is 5.65 Å². The van der Waals surface area contributed by atoms with Crippen LogP contribution in [0, 0.1) is 0 Å². The Hall–Kier alpha value is -3.20. The van der Waals surface area contributed by atoms with Crippen LogP contribution >= 0.6 is 0 Å². The van der Waals surface area contributed by atoms with E-state index in [9.17, 15) is 8.42 Å². The summed E-state index contributed by atoms with van der Waals surface area (Å²) >= 11 is 0. The highest BCUT2D eigenvalue weighted by atomic mass is 32.2. The molecule has 4 aromatic rings. The van der Waals surface area contributed by atoms with Gasteiger partial charge in [-0.2, -0.15) is 0 Å². The topological polar surface area (TPSA) is 89.7 Å². The van der Waals surface area contributed by atoms with Crippen molar-refractivity contribution >= 4 is 32.5 Å². The summed E-state index contributed by atoms with van der Waals surface area (Å²) in [6.07, 6.45) is 0.657. The summed E-state index contributed by atoms with van der Waals surface area (Å²) in [6.45, 7) is 4.36. The summed E-state index contributed by atoms with van der Waals surface area (Å²) in [7, 11) is -2.37. The van der Waals surface area contributed by atoms with Crippen LogP contribution in [0.15, 0.2) is 53.4 Å². The molecule has 0 unspecified atom stereocenters. The monoisotopic (exact) mass is 411 g/mol. The molecule has 2 aromatic carbocycles. The van der Waals surface area contributed by atoms with E-state index in [1.165, 1.54) is 19.2 Å². The second-order valence-electron chi connectivity index (χ2n) is 6.43. The summed E-state index contributed by atoms with van der Waals surface area (Å²) in [4.78, 5) is 4.73. The van der Waals surface area contributed by atoms with Gasteiger partial charge in [0, 0.05) is 13.5 Å². The molecule has 0 saturated carbocycles. The van der Waals surface area contributed by atoms with Gasteiger partial charge in [0.15, 0.2) is 5.82 Å². The van der Waals surface area contributed by atoms with Crippen molar-refractivity contribution in [3.8, 4) is 5.75 Å². The number of ether oxygens (including phenoxy) is 1. The number of sulfonamides is 1. The number of para-hydroxylation sites is 2. The summed E-state index contributed by atoms with van der Waals surface area (Å²) < 4.78 is 34.9. The largest absolute Gasteiger partial charge is 0.494 e. The minimum atomic E-state index is -3.85. The van der Waals surface area contributed by atoms with Crippen molar-refractivity contribution < 1.29 is 13.2 Å². The van der Waals surface area contributed by atoms with E-state index < -0.39 is 10.0 Å². The van der Waals surface area contributed by atoms with E-state index in [1.54, 1.807) is 12.1 Å². The lowest BCUT2D eigenvalue weighted by molar-refractivity contribution is 0.340. The number of nitrogens with zero attached hydrogens (tertiary/aromatic N) is 5. The third-order valence-corrected chi connectivity index (χ3v) is 6.45. The van der Waals surface area contributed by atoms with Crippen LogP contribution in [0.3, 0.4) is 0 Å². The van der Waals surface area contributed by atoms with Crippen LogP contribution in [0.4, 0.5) is 5.82 Å². The third-order valence-electron chi connectivity index (χ3n) is 4.69. The molecule has 29 heavy (non-hydrogen) atoms. The van der Waals surface area contributed by atoms with Crippen molar-refractivity contribution in [1.29, 1.82) is 0 Å². The molecule has 0 saturated heterocycles. The highest BCUT2D eigenvalue weighted by molar-refractivity contribution is 7.92. The second-order valence-corrected chi connectivity index (χ2v) is 8.40. The van der Waals surface area contributed by atoms with E-state index in [0.29, 0.717) is 29.9 Å². The minimum Gasteiger partial charge on any atom is -0.494 e. The summed E-state index contributed by atoms with van der Waals surface area (Å²) in [5, 5.41) is 8.46. The lowest BCUT2D eigenvalue weighted by Gasteiger charge is -2.20. The number of anilines is 1. The maximum absolute atomic E-state index is 13.2. The van der Waals surface area contributed by atoms with Gasteiger partial charge in [0.25, 0.3) is 10.0 Å². The third kappa shape index (κ3) is 3.17.